The van der Waals surface area contributed by atoms with Gasteiger partial charge in [0.15, 0.2) is 5.69 Å². The number of amides is 2. The van der Waals surface area contributed by atoms with E-state index < -0.39 is 0 Å². The molecular formula is C22H33N5O2. The van der Waals surface area contributed by atoms with E-state index in [1.807, 2.05) is 17.8 Å². The number of hydrogen-bond acceptors (Lipinski definition) is 4. The molecule has 4 unspecified atom stereocenters. The Morgan fingerprint density at radius 3 is 2.69 bits per heavy atom. The maximum Gasteiger partial charge on any atom is 0.272 e. The van der Waals surface area contributed by atoms with Crippen molar-refractivity contribution in [2.24, 2.45) is 41.9 Å². The Hall–Kier alpha value is -2.05. The molecule has 0 aromatic carbocycles. The highest BCUT2D eigenvalue weighted by atomic mass is 16.2. The van der Waals surface area contributed by atoms with Crippen LogP contribution in [0.5, 0.6) is 0 Å². The lowest BCUT2D eigenvalue weighted by Crippen LogP contribution is -2.56. The molecule has 0 saturated heterocycles. The lowest BCUT2D eigenvalue weighted by Gasteiger charge is -2.52. The first-order valence-electron chi connectivity index (χ1n) is 11.2. The molecule has 0 spiro atoms. The van der Waals surface area contributed by atoms with Gasteiger partial charge in [0, 0.05) is 32.2 Å². The first-order valence-corrected chi connectivity index (χ1v) is 11.2. The number of nitrogens with two attached hydrogens (primary N) is 1. The highest BCUT2D eigenvalue weighted by Crippen LogP contribution is 2.66. The molecule has 1 aromatic heterocycles. The normalized spacial score (nSPS) is 38.0. The summed E-state index contributed by atoms with van der Waals surface area (Å²) in [6.45, 7) is 2.16. The Kier molecular flexibility index (Phi) is 4.23. The number of nitrogens with zero attached hydrogens (tertiary/aromatic N) is 3. The minimum Gasteiger partial charge on any atom is -0.369 e. The molecule has 2 bridgehead atoms. The van der Waals surface area contributed by atoms with E-state index >= 15 is 0 Å². The van der Waals surface area contributed by atoms with Crippen molar-refractivity contribution in [3.8, 4) is 0 Å². The fourth-order valence-corrected chi connectivity index (χ4v) is 6.95. The maximum atomic E-state index is 13.1. The molecule has 2 amide bonds. The van der Waals surface area contributed by atoms with Crippen LogP contribution in [0.3, 0.4) is 0 Å². The fourth-order valence-electron chi connectivity index (χ4n) is 6.95. The van der Waals surface area contributed by atoms with E-state index in [1.165, 1.54) is 19.3 Å². The van der Waals surface area contributed by atoms with Gasteiger partial charge in [0.1, 0.15) is 5.82 Å². The van der Waals surface area contributed by atoms with Crippen LogP contribution in [0.15, 0.2) is 6.07 Å². The monoisotopic (exact) mass is 399 g/mol. The van der Waals surface area contributed by atoms with Gasteiger partial charge in [0.25, 0.3) is 5.91 Å². The summed E-state index contributed by atoms with van der Waals surface area (Å²) in [4.78, 5) is 27.6. The van der Waals surface area contributed by atoms with Crippen LogP contribution in [-0.4, -0.2) is 40.7 Å². The number of anilines is 1. The van der Waals surface area contributed by atoms with Gasteiger partial charge < -0.3 is 16.0 Å². The second-order valence-corrected chi connectivity index (χ2v) is 10.2. The summed E-state index contributed by atoms with van der Waals surface area (Å²) in [7, 11) is 3.99. The van der Waals surface area contributed by atoms with Gasteiger partial charge >= 0.3 is 0 Å². The van der Waals surface area contributed by atoms with Crippen LogP contribution < -0.4 is 16.0 Å². The SMILES string of the molecule is CC1C[C@]2(C(N)=O)CC3CC(CC32)[C@@H]1NC(=O)c1cc(N(C)C2CCC2)n(C)n1. The van der Waals surface area contributed by atoms with Gasteiger partial charge in [-0.3, -0.25) is 14.3 Å². The minimum absolute atomic E-state index is 0.0892. The smallest absolute Gasteiger partial charge is 0.272 e. The van der Waals surface area contributed by atoms with Crippen LogP contribution in [0.4, 0.5) is 5.82 Å². The van der Waals surface area contributed by atoms with Crippen molar-refractivity contribution in [1.82, 2.24) is 15.1 Å². The van der Waals surface area contributed by atoms with Crippen LogP contribution in [0, 0.1) is 29.1 Å². The van der Waals surface area contributed by atoms with Crippen molar-refractivity contribution in [2.75, 3.05) is 11.9 Å². The minimum atomic E-state index is -0.331. The molecule has 158 valence electrons. The van der Waals surface area contributed by atoms with E-state index in [2.05, 4.69) is 29.3 Å². The number of fused-ring (bicyclic) bond motifs is 1. The number of carbonyl (C=O) groups excluding carboxylic acids is 2. The summed E-state index contributed by atoms with van der Waals surface area (Å²) >= 11 is 0. The number of aromatic nitrogens is 2. The number of rotatable bonds is 5. The molecule has 7 nitrogen and oxygen atoms in total. The predicted octanol–water partition coefficient (Wildman–Crippen LogP) is 2.06. The first-order chi connectivity index (χ1) is 13.8. The van der Waals surface area contributed by atoms with Crippen LogP contribution in [0.2, 0.25) is 0 Å². The van der Waals surface area contributed by atoms with Gasteiger partial charge in [0.05, 0.1) is 5.41 Å². The average Bonchev–Trinajstić information content (AvgIpc) is 3.13. The second kappa shape index (κ2) is 6.47. The summed E-state index contributed by atoms with van der Waals surface area (Å²) in [6, 6.07) is 2.55. The molecule has 4 aliphatic rings. The molecule has 0 aliphatic heterocycles. The quantitative estimate of drug-likeness (QED) is 0.793. The molecule has 3 N–H and O–H groups in total. The number of primary amides is 1. The van der Waals surface area contributed by atoms with Gasteiger partial charge in [0.2, 0.25) is 5.91 Å². The Morgan fingerprint density at radius 1 is 1.28 bits per heavy atom. The molecule has 5 rings (SSSR count). The van der Waals surface area contributed by atoms with Crippen LogP contribution in [0.25, 0.3) is 0 Å². The Morgan fingerprint density at radius 2 is 2.03 bits per heavy atom. The number of hydrogen-bond donors (Lipinski definition) is 2. The zero-order valence-electron chi connectivity index (χ0n) is 17.7. The third-order valence-electron chi connectivity index (χ3n) is 8.73. The zero-order chi connectivity index (χ0) is 20.5. The highest BCUT2D eigenvalue weighted by molar-refractivity contribution is 5.93. The third-order valence-corrected chi connectivity index (χ3v) is 8.73. The van der Waals surface area contributed by atoms with Gasteiger partial charge in [-0.05, 0) is 68.6 Å². The summed E-state index contributed by atoms with van der Waals surface area (Å²) in [5, 5.41) is 7.80. The Bertz CT molecular complexity index is 846. The summed E-state index contributed by atoms with van der Waals surface area (Å²) in [5.74, 6) is 2.47. The number of aryl methyl sites for hydroxylation is 1. The van der Waals surface area contributed by atoms with E-state index in [-0.39, 0.29) is 29.2 Å². The Balaban J connectivity index is 1.33. The Labute approximate surface area is 172 Å². The molecule has 1 heterocycles. The van der Waals surface area contributed by atoms with Crippen LogP contribution in [-0.2, 0) is 11.8 Å². The van der Waals surface area contributed by atoms with Gasteiger partial charge in [-0.1, -0.05) is 6.92 Å². The van der Waals surface area contributed by atoms with Crippen molar-refractivity contribution >= 4 is 17.6 Å². The molecular weight excluding hydrogens is 366 g/mol. The standard InChI is InChI=1S/C22H33N5O2/c1-12-10-22(21(23)29)11-14-7-13(8-16(14)22)19(12)24-20(28)17-9-18(27(3)25-17)26(2)15-5-4-6-15/h9,12-16,19H,4-8,10-11H2,1-3H3,(H2,23,29)(H,24,28)/t12?,13?,14?,16?,19-,22+/m1/s1. The molecule has 7 heteroatoms. The van der Waals surface area contributed by atoms with E-state index in [0.29, 0.717) is 29.5 Å². The highest BCUT2D eigenvalue weighted by Gasteiger charge is 2.64. The lowest BCUT2D eigenvalue weighted by atomic mass is 9.51. The van der Waals surface area contributed by atoms with Crippen molar-refractivity contribution in [3.63, 3.8) is 0 Å². The van der Waals surface area contributed by atoms with Crippen molar-refractivity contribution in [1.29, 1.82) is 0 Å². The van der Waals surface area contributed by atoms with E-state index in [9.17, 15) is 9.59 Å². The van der Waals surface area contributed by atoms with Crippen molar-refractivity contribution in [2.45, 2.75) is 64.0 Å². The van der Waals surface area contributed by atoms with Crippen LogP contribution >= 0.6 is 0 Å². The van der Waals surface area contributed by atoms with Crippen LogP contribution in [0.1, 0.15) is 62.4 Å². The van der Waals surface area contributed by atoms with E-state index in [4.69, 9.17) is 5.73 Å². The number of nitrogens with one attached hydrogen (secondary N) is 1. The third kappa shape index (κ3) is 2.72. The molecule has 0 radical (unpaired) electrons. The van der Waals surface area contributed by atoms with E-state index in [1.54, 1.807) is 0 Å². The van der Waals surface area contributed by atoms with Crippen molar-refractivity contribution in [3.05, 3.63) is 11.8 Å². The largest absolute Gasteiger partial charge is 0.369 e. The molecule has 4 saturated carbocycles. The zero-order valence-corrected chi connectivity index (χ0v) is 17.7. The average molecular weight is 400 g/mol. The maximum absolute atomic E-state index is 13.1. The molecule has 1 aromatic rings. The van der Waals surface area contributed by atoms with Crippen molar-refractivity contribution < 1.29 is 9.59 Å². The fraction of sp³-hybridized carbons (Fsp3) is 0.773. The predicted molar refractivity (Wildman–Crippen MR) is 110 cm³/mol. The molecule has 4 fully saturated rings. The molecule has 6 atom stereocenters. The molecule has 29 heavy (non-hydrogen) atoms. The first kappa shape index (κ1) is 18.9. The van der Waals surface area contributed by atoms with Gasteiger partial charge in [-0.25, -0.2) is 0 Å². The van der Waals surface area contributed by atoms with Gasteiger partial charge in [-0.2, -0.15) is 5.10 Å². The summed E-state index contributed by atoms with van der Waals surface area (Å²) in [6.07, 6.45) is 7.54. The van der Waals surface area contributed by atoms with E-state index in [0.717, 1.165) is 31.5 Å². The lowest BCUT2D eigenvalue weighted by molar-refractivity contribution is -0.146. The summed E-state index contributed by atoms with van der Waals surface area (Å²) < 4.78 is 1.81. The van der Waals surface area contributed by atoms with Gasteiger partial charge in [-0.15, -0.1) is 0 Å². The summed E-state index contributed by atoms with van der Waals surface area (Å²) in [5.41, 5.74) is 5.99. The number of carbonyl (C=O) groups is 2. The molecule has 4 aliphatic carbocycles. The topological polar surface area (TPSA) is 93.2 Å². The second-order valence-electron chi connectivity index (χ2n) is 10.2.